The summed E-state index contributed by atoms with van der Waals surface area (Å²) >= 11 is 0. The molecule has 2 N–H and O–H groups in total. The fourth-order valence-electron chi connectivity index (χ4n) is 1.61. The highest BCUT2D eigenvalue weighted by Gasteiger charge is 2.12. The van der Waals surface area contributed by atoms with E-state index in [1.807, 2.05) is 0 Å². The van der Waals surface area contributed by atoms with Gasteiger partial charge in [-0.25, -0.2) is 4.39 Å². The van der Waals surface area contributed by atoms with Gasteiger partial charge in [-0.1, -0.05) is 6.07 Å². The van der Waals surface area contributed by atoms with Gasteiger partial charge in [0, 0.05) is 12.6 Å². The van der Waals surface area contributed by atoms with Crippen LogP contribution in [-0.4, -0.2) is 31.5 Å². The van der Waals surface area contributed by atoms with Crippen LogP contribution in [0.15, 0.2) is 24.3 Å². The third kappa shape index (κ3) is 5.25. The summed E-state index contributed by atoms with van der Waals surface area (Å²) in [6, 6.07) is 3.73. The van der Waals surface area contributed by atoms with E-state index in [-0.39, 0.29) is 11.7 Å². The lowest BCUT2D eigenvalue weighted by Crippen LogP contribution is -2.44. The molecule has 6 heteroatoms. The normalized spacial score (nSPS) is 12.0. The van der Waals surface area contributed by atoms with Crippen molar-refractivity contribution in [3.63, 3.8) is 0 Å². The average molecular weight is 294 g/mol. The second kappa shape index (κ2) is 8.04. The minimum Gasteiger partial charge on any atom is -0.494 e. The van der Waals surface area contributed by atoms with Gasteiger partial charge in [0.2, 0.25) is 11.8 Å². The van der Waals surface area contributed by atoms with Crippen LogP contribution < -0.4 is 15.4 Å². The lowest BCUT2D eigenvalue weighted by atomic mass is 10.2. The third-order valence-electron chi connectivity index (χ3n) is 2.71. The van der Waals surface area contributed by atoms with Crippen molar-refractivity contribution in [2.75, 3.05) is 13.7 Å². The predicted molar refractivity (Wildman–Crippen MR) is 78.3 cm³/mol. The molecule has 0 spiro atoms. The first-order chi connectivity index (χ1) is 9.97. The van der Waals surface area contributed by atoms with Gasteiger partial charge in [0.1, 0.15) is 6.04 Å². The number of carbonyl (C=O) groups excluding carboxylic acids is 2. The summed E-state index contributed by atoms with van der Waals surface area (Å²) in [7, 11) is 1.38. The van der Waals surface area contributed by atoms with Crippen molar-refractivity contribution in [3.8, 4) is 5.75 Å². The van der Waals surface area contributed by atoms with Gasteiger partial charge < -0.3 is 15.4 Å². The molecule has 0 saturated carbocycles. The molecule has 1 rings (SSSR count). The van der Waals surface area contributed by atoms with E-state index in [2.05, 4.69) is 10.6 Å². The Morgan fingerprint density at radius 2 is 2.14 bits per heavy atom. The predicted octanol–water partition coefficient (Wildman–Crippen LogP) is 1.49. The number of carbonyl (C=O) groups is 2. The number of hydrogen-bond donors (Lipinski definition) is 2. The van der Waals surface area contributed by atoms with Crippen LogP contribution in [0, 0.1) is 5.82 Å². The molecular formula is C15H19FN2O3. The summed E-state index contributed by atoms with van der Waals surface area (Å²) < 4.78 is 18.3. The number of hydrogen-bond acceptors (Lipinski definition) is 3. The minimum absolute atomic E-state index is 0.140. The number of nitrogens with one attached hydrogen (secondary N) is 2. The lowest BCUT2D eigenvalue weighted by molar-refractivity contribution is -0.126. The summed E-state index contributed by atoms with van der Waals surface area (Å²) in [6.07, 6.45) is 2.71. The number of amides is 2. The van der Waals surface area contributed by atoms with E-state index in [1.165, 1.54) is 31.4 Å². The molecule has 1 aromatic rings. The quantitative estimate of drug-likeness (QED) is 0.781. The maximum atomic E-state index is 13.5. The third-order valence-corrected chi connectivity index (χ3v) is 2.71. The van der Waals surface area contributed by atoms with E-state index in [4.69, 9.17) is 4.74 Å². The molecule has 0 fully saturated rings. The minimum atomic E-state index is -0.630. The molecule has 0 aliphatic carbocycles. The van der Waals surface area contributed by atoms with E-state index in [0.29, 0.717) is 12.1 Å². The van der Waals surface area contributed by atoms with Gasteiger partial charge in [-0.15, -0.1) is 0 Å². The zero-order valence-electron chi connectivity index (χ0n) is 12.3. The molecule has 5 nitrogen and oxygen atoms in total. The number of methoxy groups -OCH3 is 1. The topological polar surface area (TPSA) is 67.4 Å². The Balaban J connectivity index is 2.62. The molecule has 0 bridgehead atoms. The first-order valence-corrected chi connectivity index (χ1v) is 6.57. The largest absolute Gasteiger partial charge is 0.494 e. The number of rotatable bonds is 6. The van der Waals surface area contributed by atoms with Crippen LogP contribution in [0.1, 0.15) is 19.4 Å². The van der Waals surface area contributed by atoms with Crippen LogP contribution >= 0.6 is 0 Å². The van der Waals surface area contributed by atoms with Crippen LogP contribution in [-0.2, 0) is 9.59 Å². The van der Waals surface area contributed by atoms with Gasteiger partial charge in [-0.3, -0.25) is 9.59 Å². The van der Waals surface area contributed by atoms with Crippen molar-refractivity contribution >= 4 is 17.9 Å². The number of halogens is 1. The van der Waals surface area contributed by atoms with Crippen molar-refractivity contribution in [3.05, 3.63) is 35.7 Å². The van der Waals surface area contributed by atoms with Crippen molar-refractivity contribution in [2.24, 2.45) is 0 Å². The van der Waals surface area contributed by atoms with Crippen LogP contribution in [0.25, 0.3) is 6.08 Å². The maximum absolute atomic E-state index is 13.5. The molecule has 1 aromatic carbocycles. The van der Waals surface area contributed by atoms with E-state index in [1.54, 1.807) is 19.9 Å². The van der Waals surface area contributed by atoms with E-state index < -0.39 is 17.8 Å². The van der Waals surface area contributed by atoms with Crippen LogP contribution in [0.5, 0.6) is 5.75 Å². The number of benzene rings is 1. The highest BCUT2D eigenvalue weighted by Crippen LogP contribution is 2.18. The highest BCUT2D eigenvalue weighted by molar-refractivity contribution is 5.95. The molecule has 0 saturated heterocycles. The highest BCUT2D eigenvalue weighted by atomic mass is 19.1. The second-order valence-electron chi connectivity index (χ2n) is 4.35. The summed E-state index contributed by atoms with van der Waals surface area (Å²) in [6.45, 7) is 3.88. The van der Waals surface area contributed by atoms with E-state index in [9.17, 15) is 14.0 Å². The summed E-state index contributed by atoms with van der Waals surface area (Å²) in [5.41, 5.74) is 0.522. The Hall–Kier alpha value is -2.37. The molecule has 1 atom stereocenters. The van der Waals surface area contributed by atoms with Crippen molar-refractivity contribution < 1.29 is 18.7 Å². The Morgan fingerprint density at radius 3 is 2.71 bits per heavy atom. The molecular weight excluding hydrogens is 275 g/mol. The van der Waals surface area contributed by atoms with E-state index in [0.717, 1.165) is 0 Å². The lowest BCUT2D eigenvalue weighted by Gasteiger charge is -2.11. The average Bonchev–Trinajstić information content (AvgIpc) is 2.45. The summed E-state index contributed by atoms with van der Waals surface area (Å²) in [5.74, 6) is -1.04. The van der Waals surface area contributed by atoms with Crippen LogP contribution in [0.4, 0.5) is 4.39 Å². The van der Waals surface area contributed by atoms with Crippen molar-refractivity contribution in [2.45, 2.75) is 19.9 Å². The molecule has 0 radical (unpaired) electrons. The Morgan fingerprint density at radius 1 is 1.43 bits per heavy atom. The molecule has 0 heterocycles. The van der Waals surface area contributed by atoms with Gasteiger partial charge >= 0.3 is 0 Å². The second-order valence-corrected chi connectivity index (χ2v) is 4.35. The maximum Gasteiger partial charge on any atom is 0.244 e. The smallest absolute Gasteiger partial charge is 0.244 e. The van der Waals surface area contributed by atoms with Gasteiger partial charge in [-0.2, -0.15) is 0 Å². The molecule has 0 aliphatic rings. The molecule has 21 heavy (non-hydrogen) atoms. The Bertz CT molecular complexity index is 544. The molecule has 114 valence electrons. The van der Waals surface area contributed by atoms with Crippen LogP contribution in [0.3, 0.4) is 0 Å². The van der Waals surface area contributed by atoms with Gasteiger partial charge in [0.05, 0.1) is 7.11 Å². The monoisotopic (exact) mass is 294 g/mol. The van der Waals surface area contributed by atoms with Gasteiger partial charge in [-0.05, 0) is 37.6 Å². The fraction of sp³-hybridized carbons (Fsp3) is 0.333. The molecule has 2 amide bonds. The first kappa shape index (κ1) is 16.7. The SMILES string of the molecule is CCNC(=O)[C@@H](C)NC(=O)/C=C/c1ccc(OC)c(F)c1. The summed E-state index contributed by atoms with van der Waals surface area (Å²) in [5, 5.41) is 5.12. The van der Waals surface area contributed by atoms with Crippen LogP contribution in [0.2, 0.25) is 0 Å². The number of likely N-dealkylation sites (N-methyl/N-ethyl adjacent to an activating group) is 1. The molecule has 0 aliphatic heterocycles. The van der Waals surface area contributed by atoms with E-state index >= 15 is 0 Å². The van der Waals surface area contributed by atoms with Gasteiger partial charge in [0.25, 0.3) is 0 Å². The Labute approximate surface area is 123 Å². The molecule has 0 aromatic heterocycles. The zero-order valence-corrected chi connectivity index (χ0v) is 12.3. The summed E-state index contributed by atoms with van der Waals surface area (Å²) in [4.78, 5) is 23.1. The number of ether oxygens (including phenoxy) is 1. The standard InChI is InChI=1S/C15H19FN2O3/c1-4-17-15(20)10(2)18-14(19)8-6-11-5-7-13(21-3)12(16)9-11/h5-10H,4H2,1-3H3,(H,17,20)(H,18,19)/b8-6+/t10-/m1/s1. The zero-order chi connectivity index (χ0) is 15.8. The fourth-order valence-corrected chi connectivity index (χ4v) is 1.61. The Kier molecular flexibility index (Phi) is 6.39. The van der Waals surface area contributed by atoms with Gasteiger partial charge in [0.15, 0.2) is 11.6 Å². The first-order valence-electron chi connectivity index (χ1n) is 6.57. The van der Waals surface area contributed by atoms with Crippen molar-refractivity contribution in [1.29, 1.82) is 0 Å². The molecule has 0 unspecified atom stereocenters. The van der Waals surface area contributed by atoms with Crippen molar-refractivity contribution in [1.82, 2.24) is 10.6 Å².